The number of rotatable bonds is 7. The molecular weight excluding hydrogens is 390 g/mol. The highest BCUT2D eigenvalue weighted by atomic mass is 32.2. The summed E-state index contributed by atoms with van der Waals surface area (Å²) in [6.45, 7) is 1.74. The molecule has 0 unspecified atom stereocenters. The number of amides is 1. The van der Waals surface area contributed by atoms with Crippen molar-refractivity contribution in [2.75, 3.05) is 25.2 Å². The Hall–Kier alpha value is -2.43. The van der Waals surface area contributed by atoms with Gasteiger partial charge in [0.25, 0.3) is 0 Å². The third-order valence-electron chi connectivity index (χ3n) is 3.59. The van der Waals surface area contributed by atoms with Gasteiger partial charge in [-0.25, -0.2) is 17.7 Å². The van der Waals surface area contributed by atoms with E-state index in [0.717, 1.165) is 16.1 Å². The first-order valence-corrected chi connectivity index (χ1v) is 10.2. The smallest absolute Gasteiger partial charge is 0.242 e. The number of nitrogens with zero attached hydrogens (tertiary/aromatic N) is 2. The second-order valence-electron chi connectivity index (χ2n) is 5.74. The van der Waals surface area contributed by atoms with Crippen LogP contribution in [0.4, 0.5) is 5.69 Å². The Morgan fingerprint density at radius 3 is 2.59 bits per heavy atom. The third-order valence-corrected chi connectivity index (χ3v) is 6.41. The van der Waals surface area contributed by atoms with E-state index in [1.165, 1.54) is 44.6 Å². The second-order valence-corrected chi connectivity index (χ2v) is 8.86. The lowest BCUT2D eigenvalue weighted by atomic mass is 10.2. The molecule has 0 aliphatic carbocycles. The van der Waals surface area contributed by atoms with Crippen molar-refractivity contribution in [1.29, 1.82) is 0 Å². The van der Waals surface area contributed by atoms with Crippen molar-refractivity contribution in [3.63, 3.8) is 0 Å². The van der Waals surface area contributed by atoms with Gasteiger partial charge in [0.2, 0.25) is 15.9 Å². The summed E-state index contributed by atoms with van der Waals surface area (Å²) in [6.07, 6.45) is 1.42. The predicted molar refractivity (Wildman–Crippen MR) is 100.0 cm³/mol. The highest BCUT2D eigenvalue weighted by Crippen LogP contribution is 2.23. The molecule has 2 aromatic rings. The molecule has 0 fully saturated rings. The molecule has 1 N–H and O–H groups in total. The Labute approximate surface area is 161 Å². The molecule has 0 aliphatic rings. The second kappa shape index (κ2) is 8.51. The van der Waals surface area contributed by atoms with E-state index in [4.69, 9.17) is 0 Å². The molecule has 10 heteroatoms. The number of carboxylic acids is 1. The number of benzene rings is 1. The van der Waals surface area contributed by atoms with Crippen LogP contribution in [0.2, 0.25) is 0 Å². The molecule has 1 heterocycles. The summed E-state index contributed by atoms with van der Waals surface area (Å²) in [7, 11) is -0.783. The molecule has 27 heavy (non-hydrogen) atoms. The van der Waals surface area contributed by atoms with E-state index in [-0.39, 0.29) is 21.2 Å². The van der Waals surface area contributed by atoms with Crippen molar-refractivity contribution in [2.24, 2.45) is 0 Å². The molecule has 0 bridgehead atoms. The largest absolute Gasteiger partial charge is 0.545 e. The standard InChI is InChI=1S/C17H19N3O5S2/c1-11-6-7-12(27(24,25)20(2)3)9-14(11)19-15(21)10-26-16-13(17(22)23)5-4-8-18-16/h4-9H,10H2,1-3H3,(H,19,21)(H,22,23)/p-1. The molecule has 0 radical (unpaired) electrons. The van der Waals surface area contributed by atoms with Crippen LogP contribution in [0.15, 0.2) is 46.5 Å². The van der Waals surface area contributed by atoms with Crippen LogP contribution in [0.3, 0.4) is 0 Å². The molecule has 144 valence electrons. The van der Waals surface area contributed by atoms with Crippen molar-refractivity contribution < 1.29 is 23.1 Å². The van der Waals surface area contributed by atoms with Crippen molar-refractivity contribution in [2.45, 2.75) is 16.8 Å². The fourth-order valence-electron chi connectivity index (χ4n) is 2.09. The lowest BCUT2D eigenvalue weighted by molar-refractivity contribution is -0.255. The summed E-state index contributed by atoms with van der Waals surface area (Å²) in [5.74, 6) is -1.89. The molecule has 0 atom stereocenters. The van der Waals surface area contributed by atoms with Gasteiger partial charge in [-0.15, -0.1) is 0 Å². The summed E-state index contributed by atoms with van der Waals surface area (Å²) < 4.78 is 25.6. The number of hydrogen-bond acceptors (Lipinski definition) is 7. The number of anilines is 1. The highest BCUT2D eigenvalue weighted by molar-refractivity contribution is 8.00. The fourth-order valence-corrected chi connectivity index (χ4v) is 3.80. The number of hydrogen-bond donors (Lipinski definition) is 1. The van der Waals surface area contributed by atoms with E-state index in [9.17, 15) is 23.1 Å². The minimum absolute atomic E-state index is 0.0602. The van der Waals surface area contributed by atoms with E-state index in [0.29, 0.717) is 11.3 Å². The summed E-state index contributed by atoms with van der Waals surface area (Å²) in [5, 5.41) is 13.9. The van der Waals surface area contributed by atoms with Gasteiger partial charge < -0.3 is 15.2 Å². The van der Waals surface area contributed by atoms with E-state index >= 15 is 0 Å². The van der Waals surface area contributed by atoms with Crippen LogP contribution in [0.25, 0.3) is 0 Å². The Kier molecular flexibility index (Phi) is 6.58. The van der Waals surface area contributed by atoms with Crippen molar-refractivity contribution in [3.05, 3.63) is 47.7 Å². The van der Waals surface area contributed by atoms with Crippen LogP contribution in [-0.4, -0.2) is 49.4 Å². The molecule has 0 spiro atoms. The number of nitrogens with one attached hydrogen (secondary N) is 1. The first-order valence-electron chi connectivity index (χ1n) is 7.75. The Balaban J connectivity index is 2.14. The van der Waals surface area contributed by atoms with Crippen LogP contribution in [0, 0.1) is 6.92 Å². The molecule has 0 aliphatic heterocycles. The number of aromatic carboxylic acids is 1. The maximum absolute atomic E-state index is 12.2. The van der Waals surface area contributed by atoms with E-state index in [1.54, 1.807) is 13.0 Å². The molecular formula is C17H18N3O5S2-. The van der Waals surface area contributed by atoms with Crippen LogP contribution in [-0.2, 0) is 14.8 Å². The van der Waals surface area contributed by atoms with E-state index < -0.39 is 21.9 Å². The minimum atomic E-state index is -3.63. The summed E-state index contributed by atoms with van der Waals surface area (Å²) in [4.78, 5) is 27.3. The van der Waals surface area contributed by atoms with E-state index in [1.807, 2.05) is 0 Å². The third kappa shape index (κ3) is 5.06. The van der Waals surface area contributed by atoms with E-state index in [2.05, 4.69) is 10.3 Å². The quantitative estimate of drug-likeness (QED) is 0.671. The average molecular weight is 408 g/mol. The molecule has 1 amide bonds. The molecule has 1 aromatic heterocycles. The van der Waals surface area contributed by atoms with Gasteiger partial charge in [0.15, 0.2) is 0 Å². The van der Waals surface area contributed by atoms with Crippen molar-refractivity contribution in [3.8, 4) is 0 Å². The first kappa shape index (κ1) is 20.9. The topological polar surface area (TPSA) is 120 Å². The van der Waals surface area contributed by atoms with Crippen LogP contribution in [0.1, 0.15) is 15.9 Å². The maximum atomic E-state index is 12.2. The fraction of sp³-hybridized carbons (Fsp3) is 0.235. The van der Waals surface area contributed by atoms with Gasteiger partial charge in [-0.2, -0.15) is 0 Å². The first-order chi connectivity index (χ1) is 12.6. The molecule has 0 saturated heterocycles. The van der Waals surface area contributed by atoms with Gasteiger partial charge in [0.1, 0.15) is 5.03 Å². The number of pyridine rings is 1. The number of carbonyl (C=O) groups excluding carboxylic acids is 2. The monoisotopic (exact) mass is 408 g/mol. The molecule has 1 aromatic carbocycles. The minimum Gasteiger partial charge on any atom is -0.545 e. The van der Waals surface area contributed by atoms with Crippen LogP contribution >= 0.6 is 11.8 Å². The number of sulfonamides is 1. The van der Waals surface area contributed by atoms with Gasteiger partial charge in [-0.05, 0) is 36.8 Å². The summed E-state index contributed by atoms with van der Waals surface area (Å²) in [6, 6.07) is 7.28. The normalized spacial score (nSPS) is 11.4. The molecule has 0 saturated carbocycles. The highest BCUT2D eigenvalue weighted by Gasteiger charge is 2.19. The van der Waals surface area contributed by atoms with Gasteiger partial charge >= 0.3 is 0 Å². The predicted octanol–water partition coefficient (Wildman–Crippen LogP) is 0.735. The molecule has 8 nitrogen and oxygen atoms in total. The zero-order valence-corrected chi connectivity index (χ0v) is 16.6. The number of thioether (sulfide) groups is 1. The lowest BCUT2D eigenvalue weighted by Crippen LogP contribution is -2.24. The Morgan fingerprint density at radius 1 is 1.26 bits per heavy atom. The van der Waals surface area contributed by atoms with Gasteiger partial charge in [-0.3, -0.25) is 4.79 Å². The lowest BCUT2D eigenvalue weighted by Gasteiger charge is -2.14. The van der Waals surface area contributed by atoms with Gasteiger partial charge in [0, 0.05) is 31.5 Å². The van der Waals surface area contributed by atoms with Crippen molar-refractivity contribution in [1.82, 2.24) is 9.29 Å². The summed E-state index contributed by atoms with van der Waals surface area (Å²) in [5.41, 5.74) is 0.967. The summed E-state index contributed by atoms with van der Waals surface area (Å²) >= 11 is 0.953. The zero-order chi connectivity index (χ0) is 20.2. The zero-order valence-electron chi connectivity index (χ0n) is 14.9. The Morgan fingerprint density at radius 2 is 1.96 bits per heavy atom. The maximum Gasteiger partial charge on any atom is 0.242 e. The molecule has 2 rings (SSSR count). The van der Waals surface area contributed by atoms with Crippen LogP contribution in [0.5, 0.6) is 0 Å². The average Bonchev–Trinajstić information content (AvgIpc) is 2.61. The number of carboxylic acid groups (broad SMARTS) is 1. The number of aromatic nitrogens is 1. The number of carbonyl (C=O) groups is 2. The van der Waals surface area contributed by atoms with Gasteiger partial charge in [0.05, 0.1) is 16.6 Å². The SMILES string of the molecule is Cc1ccc(S(=O)(=O)N(C)C)cc1NC(=O)CSc1ncccc1C(=O)[O-]. The number of aryl methyl sites for hydroxylation is 1. The van der Waals surface area contributed by atoms with Crippen LogP contribution < -0.4 is 10.4 Å². The van der Waals surface area contributed by atoms with Gasteiger partial charge in [-0.1, -0.05) is 17.8 Å². The van der Waals surface area contributed by atoms with Crippen molar-refractivity contribution >= 4 is 39.3 Å². The Bertz CT molecular complexity index is 974.